The predicted octanol–water partition coefficient (Wildman–Crippen LogP) is 0.817. The molecular weight excluding hydrogens is 178 g/mol. The second kappa shape index (κ2) is 3.92. The number of H-pyrrole nitrogens is 1. The van der Waals surface area contributed by atoms with Crippen molar-refractivity contribution in [1.82, 2.24) is 9.97 Å². The first-order valence-corrected chi connectivity index (χ1v) is 4.69. The Hall–Kier alpha value is -1.16. The minimum atomic E-state index is -0.123. The number of hydrogen-bond acceptors (Lipinski definition) is 3. The zero-order valence-electron chi connectivity index (χ0n) is 8.92. The quantitative estimate of drug-likeness (QED) is 0.733. The molecule has 0 atom stereocenters. The zero-order chi connectivity index (χ0) is 10.8. The minimum absolute atomic E-state index is 0.123. The first-order valence-electron chi connectivity index (χ1n) is 4.69. The highest BCUT2D eigenvalue weighted by Gasteiger charge is 2.13. The molecule has 0 fully saturated rings. The maximum atomic E-state index is 11.4. The Labute approximate surface area is 83.6 Å². The van der Waals surface area contributed by atoms with Gasteiger partial charge in [0.25, 0.3) is 5.56 Å². The molecule has 0 radical (unpaired) electrons. The molecule has 1 aromatic heterocycles. The summed E-state index contributed by atoms with van der Waals surface area (Å²) in [6.45, 7) is 6.54. The molecule has 78 valence electrons. The lowest BCUT2D eigenvalue weighted by molar-refractivity contribution is 0.400. The van der Waals surface area contributed by atoms with E-state index >= 15 is 0 Å². The summed E-state index contributed by atoms with van der Waals surface area (Å²) in [6.07, 6.45) is 2.31. The molecule has 0 aliphatic carbocycles. The van der Waals surface area contributed by atoms with Crippen LogP contribution in [0.15, 0.2) is 11.0 Å². The number of aromatic amines is 1. The van der Waals surface area contributed by atoms with Crippen LogP contribution in [0.3, 0.4) is 0 Å². The largest absolute Gasteiger partial charge is 0.326 e. The van der Waals surface area contributed by atoms with Gasteiger partial charge >= 0.3 is 0 Å². The van der Waals surface area contributed by atoms with Gasteiger partial charge in [-0.05, 0) is 5.41 Å². The molecule has 0 spiro atoms. The predicted molar refractivity (Wildman–Crippen MR) is 55.9 cm³/mol. The summed E-state index contributed by atoms with van der Waals surface area (Å²) in [7, 11) is 0. The first-order chi connectivity index (χ1) is 6.42. The second-order valence-electron chi connectivity index (χ2n) is 4.63. The molecule has 0 aliphatic rings. The van der Waals surface area contributed by atoms with Crippen LogP contribution in [0.2, 0.25) is 0 Å². The van der Waals surface area contributed by atoms with Gasteiger partial charge in [0.1, 0.15) is 5.82 Å². The molecule has 0 unspecified atom stereocenters. The third kappa shape index (κ3) is 2.96. The van der Waals surface area contributed by atoms with Gasteiger partial charge in [0, 0.05) is 24.7 Å². The summed E-state index contributed by atoms with van der Waals surface area (Å²) in [5.41, 5.74) is 5.90. The Bertz CT molecular complexity index is 362. The minimum Gasteiger partial charge on any atom is -0.326 e. The fraction of sp³-hybridized carbons (Fsp3) is 0.600. The summed E-state index contributed by atoms with van der Waals surface area (Å²) in [5, 5.41) is 0. The van der Waals surface area contributed by atoms with Gasteiger partial charge in [0.2, 0.25) is 0 Å². The Morgan fingerprint density at radius 2 is 2.14 bits per heavy atom. The van der Waals surface area contributed by atoms with Crippen LogP contribution in [0, 0.1) is 5.41 Å². The molecule has 1 rings (SSSR count). The van der Waals surface area contributed by atoms with E-state index in [4.69, 9.17) is 5.73 Å². The van der Waals surface area contributed by atoms with E-state index in [2.05, 4.69) is 30.7 Å². The van der Waals surface area contributed by atoms with Crippen LogP contribution < -0.4 is 11.3 Å². The van der Waals surface area contributed by atoms with Crippen LogP contribution in [0.4, 0.5) is 0 Å². The molecule has 0 aliphatic heterocycles. The van der Waals surface area contributed by atoms with Crippen molar-refractivity contribution in [3.63, 3.8) is 0 Å². The molecule has 1 aromatic rings. The fourth-order valence-electron chi connectivity index (χ4n) is 1.20. The van der Waals surface area contributed by atoms with Crippen LogP contribution in [0.25, 0.3) is 0 Å². The van der Waals surface area contributed by atoms with Gasteiger partial charge in [-0.25, -0.2) is 4.98 Å². The number of hydrogen-bond donors (Lipinski definition) is 2. The Balaban J connectivity index is 2.93. The lowest BCUT2D eigenvalue weighted by Gasteiger charge is -2.16. The van der Waals surface area contributed by atoms with Crippen molar-refractivity contribution in [3.05, 3.63) is 27.9 Å². The molecule has 3 N–H and O–H groups in total. The number of rotatable bonds is 2. The topological polar surface area (TPSA) is 71.8 Å². The van der Waals surface area contributed by atoms with E-state index in [9.17, 15) is 4.79 Å². The first kappa shape index (κ1) is 10.9. The average Bonchev–Trinajstić information content (AvgIpc) is 2.01. The van der Waals surface area contributed by atoms with Crippen molar-refractivity contribution in [2.45, 2.75) is 33.7 Å². The van der Waals surface area contributed by atoms with E-state index in [1.54, 1.807) is 6.20 Å². The highest BCUT2D eigenvalue weighted by Crippen LogP contribution is 2.17. The van der Waals surface area contributed by atoms with E-state index in [-0.39, 0.29) is 17.5 Å². The molecular formula is C10H17N3O. The van der Waals surface area contributed by atoms with Crippen molar-refractivity contribution in [2.24, 2.45) is 11.1 Å². The van der Waals surface area contributed by atoms with Crippen molar-refractivity contribution >= 4 is 0 Å². The van der Waals surface area contributed by atoms with Crippen LogP contribution in [0.5, 0.6) is 0 Å². The smallest absolute Gasteiger partial charge is 0.255 e. The fourth-order valence-corrected chi connectivity index (χ4v) is 1.20. The molecule has 4 nitrogen and oxygen atoms in total. The van der Waals surface area contributed by atoms with Gasteiger partial charge < -0.3 is 10.7 Å². The lowest BCUT2D eigenvalue weighted by Crippen LogP contribution is -2.21. The van der Waals surface area contributed by atoms with E-state index in [1.165, 1.54) is 0 Å². The number of nitrogens with two attached hydrogens (primary N) is 1. The maximum absolute atomic E-state index is 11.4. The summed E-state index contributed by atoms with van der Waals surface area (Å²) in [6, 6.07) is 0. The summed E-state index contributed by atoms with van der Waals surface area (Å²) in [4.78, 5) is 18.3. The van der Waals surface area contributed by atoms with Crippen molar-refractivity contribution in [2.75, 3.05) is 0 Å². The van der Waals surface area contributed by atoms with Crippen molar-refractivity contribution in [1.29, 1.82) is 0 Å². The van der Waals surface area contributed by atoms with Crippen LogP contribution >= 0.6 is 0 Å². The third-order valence-corrected chi connectivity index (χ3v) is 1.84. The monoisotopic (exact) mass is 195 g/mol. The zero-order valence-corrected chi connectivity index (χ0v) is 8.92. The maximum Gasteiger partial charge on any atom is 0.255 e. The summed E-state index contributed by atoms with van der Waals surface area (Å²) >= 11 is 0. The number of nitrogens with zero attached hydrogens (tertiary/aromatic N) is 1. The molecule has 0 amide bonds. The normalized spacial score (nSPS) is 11.7. The van der Waals surface area contributed by atoms with E-state index < -0.39 is 0 Å². The Kier molecular flexibility index (Phi) is 3.06. The third-order valence-electron chi connectivity index (χ3n) is 1.84. The van der Waals surface area contributed by atoms with Gasteiger partial charge in [-0.1, -0.05) is 20.8 Å². The molecule has 0 saturated carbocycles. The highest BCUT2D eigenvalue weighted by atomic mass is 16.1. The van der Waals surface area contributed by atoms with E-state index in [0.717, 1.165) is 12.2 Å². The van der Waals surface area contributed by atoms with Crippen LogP contribution in [-0.4, -0.2) is 9.97 Å². The highest BCUT2D eigenvalue weighted by molar-refractivity contribution is 5.05. The number of nitrogens with one attached hydrogen (secondary N) is 1. The summed E-state index contributed by atoms with van der Waals surface area (Å²) in [5.74, 6) is 0.722. The Morgan fingerprint density at radius 3 is 2.57 bits per heavy atom. The van der Waals surface area contributed by atoms with E-state index in [1.807, 2.05) is 0 Å². The van der Waals surface area contributed by atoms with Gasteiger partial charge in [-0.2, -0.15) is 0 Å². The number of aromatic nitrogens is 2. The summed E-state index contributed by atoms with van der Waals surface area (Å²) < 4.78 is 0. The van der Waals surface area contributed by atoms with Gasteiger partial charge in [-0.15, -0.1) is 0 Å². The van der Waals surface area contributed by atoms with E-state index in [0.29, 0.717) is 5.56 Å². The second-order valence-corrected chi connectivity index (χ2v) is 4.63. The van der Waals surface area contributed by atoms with Crippen molar-refractivity contribution in [3.8, 4) is 0 Å². The molecule has 0 aromatic carbocycles. The van der Waals surface area contributed by atoms with Gasteiger partial charge in [0.15, 0.2) is 0 Å². The molecule has 4 heteroatoms. The van der Waals surface area contributed by atoms with Gasteiger partial charge in [-0.3, -0.25) is 4.79 Å². The Morgan fingerprint density at radius 1 is 1.50 bits per heavy atom. The molecule has 0 bridgehead atoms. The molecule has 0 saturated heterocycles. The lowest BCUT2D eigenvalue weighted by atomic mass is 9.92. The van der Waals surface area contributed by atoms with Gasteiger partial charge in [0.05, 0.1) is 0 Å². The molecule has 14 heavy (non-hydrogen) atoms. The van der Waals surface area contributed by atoms with Crippen LogP contribution in [-0.2, 0) is 13.0 Å². The standard InChI is InChI=1S/C10H17N3O/c1-10(2,3)4-8-12-6-7(5-11)9(14)13-8/h6H,4-5,11H2,1-3H3,(H,12,13,14). The molecule has 1 heterocycles. The van der Waals surface area contributed by atoms with Crippen LogP contribution in [0.1, 0.15) is 32.2 Å². The SMILES string of the molecule is CC(C)(C)Cc1ncc(CN)c(=O)[nH]1. The average molecular weight is 195 g/mol. The van der Waals surface area contributed by atoms with Crippen molar-refractivity contribution < 1.29 is 0 Å².